The second-order valence-corrected chi connectivity index (χ2v) is 6.41. The van der Waals surface area contributed by atoms with Crippen LogP contribution in [-0.4, -0.2) is 60.2 Å². The van der Waals surface area contributed by atoms with E-state index >= 15 is 0 Å². The fraction of sp³-hybridized carbons (Fsp3) is 0.647. The molecule has 2 atom stereocenters. The van der Waals surface area contributed by atoms with Crippen molar-refractivity contribution >= 4 is 11.6 Å². The standard InChI is InChI=1S/C17H28ClN3O/c1-4-20(5-2)12-16(21-9-8-19-11-13(21)3)14-6-7-17(22)15(18)10-14/h6-7,10,13,16,19,22H,4-5,8-9,11-12H2,1-3H3. The molecular weight excluding hydrogens is 298 g/mol. The van der Waals surface area contributed by atoms with Crippen LogP contribution in [0.5, 0.6) is 5.75 Å². The number of nitrogens with one attached hydrogen (secondary N) is 1. The first-order chi connectivity index (χ1) is 10.6. The van der Waals surface area contributed by atoms with Gasteiger partial charge in [0.25, 0.3) is 0 Å². The Hall–Kier alpha value is -0.810. The van der Waals surface area contributed by atoms with Gasteiger partial charge in [0.1, 0.15) is 5.75 Å². The number of halogens is 1. The molecule has 0 radical (unpaired) electrons. The monoisotopic (exact) mass is 325 g/mol. The van der Waals surface area contributed by atoms with Crippen molar-refractivity contribution < 1.29 is 5.11 Å². The molecule has 4 nitrogen and oxygen atoms in total. The Morgan fingerprint density at radius 1 is 1.41 bits per heavy atom. The number of rotatable bonds is 6. The lowest BCUT2D eigenvalue weighted by atomic mass is 10.0. The molecule has 5 heteroatoms. The Balaban J connectivity index is 2.28. The molecular formula is C17H28ClN3O. The van der Waals surface area contributed by atoms with Crippen LogP contribution < -0.4 is 5.32 Å². The van der Waals surface area contributed by atoms with Crippen LogP contribution >= 0.6 is 11.6 Å². The summed E-state index contributed by atoms with van der Waals surface area (Å²) in [7, 11) is 0. The summed E-state index contributed by atoms with van der Waals surface area (Å²) >= 11 is 6.14. The molecule has 0 spiro atoms. The number of phenols is 1. The SMILES string of the molecule is CCN(CC)CC(c1ccc(O)c(Cl)c1)N1CCNCC1C. The van der Waals surface area contributed by atoms with Gasteiger partial charge >= 0.3 is 0 Å². The Morgan fingerprint density at radius 2 is 2.14 bits per heavy atom. The van der Waals surface area contributed by atoms with Gasteiger partial charge in [0.05, 0.1) is 5.02 Å². The first-order valence-corrected chi connectivity index (χ1v) is 8.61. The first-order valence-electron chi connectivity index (χ1n) is 8.24. The predicted molar refractivity (Wildman–Crippen MR) is 92.7 cm³/mol. The molecule has 1 aliphatic rings. The van der Waals surface area contributed by atoms with Crippen molar-refractivity contribution in [1.29, 1.82) is 0 Å². The highest BCUT2D eigenvalue weighted by molar-refractivity contribution is 6.32. The van der Waals surface area contributed by atoms with Crippen LogP contribution in [0, 0.1) is 0 Å². The van der Waals surface area contributed by atoms with Gasteiger partial charge in [0, 0.05) is 38.3 Å². The Labute approximate surface area is 139 Å². The van der Waals surface area contributed by atoms with Gasteiger partial charge in [-0.05, 0) is 37.7 Å². The molecule has 1 heterocycles. The molecule has 2 unspecified atom stereocenters. The van der Waals surface area contributed by atoms with E-state index < -0.39 is 0 Å². The highest BCUT2D eigenvalue weighted by atomic mass is 35.5. The maximum absolute atomic E-state index is 9.70. The topological polar surface area (TPSA) is 38.7 Å². The van der Waals surface area contributed by atoms with Crippen LogP contribution in [0.1, 0.15) is 32.4 Å². The fourth-order valence-electron chi connectivity index (χ4n) is 3.18. The Morgan fingerprint density at radius 3 is 2.73 bits per heavy atom. The highest BCUT2D eigenvalue weighted by Gasteiger charge is 2.28. The van der Waals surface area contributed by atoms with Crippen LogP contribution in [-0.2, 0) is 0 Å². The summed E-state index contributed by atoms with van der Waals surface area (Å²) < 4.78 is 0. The van der Waals surface area contributed by atoms with E-state index in [2.05, 4.69) is 35.9 Å². The fourth-order valence-corrected chi connectivity index (χ4v) is 3.37. The summed E-state index contributed by atoms with van der Waals surface area (Å²) in [5.74, 6) is 0.153. The smallest absolute Gasteiger partial charge is 0.134 e. The number of likely N-dealkylation sites (N-methyl/N-ethyl adjacent to an activating group) is 1. The molecule has 0 aliphatic carbocycles. The van der Waals surface area contributed by atoms with Gasteiger partial charge in [-0.1, -0.05) is 31.5 Å². The third kappa shape index (κ3) is 4.13. The number of piperazine rings is 1. The van der Waals surface area contributed by atoms with Crippen molar-refractivity contribution in [3.63, 3.8) is 0 Å². The molecule has 22 heavy (non-hydrogen) atoms. The van der Waals surface area contributed by atoms with Gasteiger partial charge in [-0.15, -0.1) is 0 Å². The van der Waals surface area contributed by atoms with Gasteiger partial charge in [0.15, 0.2) is 0 Å². The summed E-state index contributed by atoms with van der Waals surface area (Å²) in [6, 6.07) is 6.42. The van der Waals surface area contributed by atoms with Gasteiger partial charge in [0.2, 0.25) is 0 Å². The summed E-state index contributed by atoms with van der Waals surface area (Å²) in [4.78, 5) is 5.00. The van der Waals surface area contributed by atoms with E-state index in [1.54, 1.807) is 6.07 Å². The van der Waals surface area contributed by atoms with E-state index in [9.17, 15) is 5.11 Å². The van der Waals surface area contributed by atoms with Crippen molar-refractivity contribution in [2.24, 2.45) is 0 Å². The molecule has 1 aliphatic heterocycles. The van der Waals surface area contributed by atoms with Crippen LogP contribution in [0.4, 0.5) is 0 Å². The summed E-state index contributed by atoms with van der Waals surface area (Å²) in [5, 5.41) is 13.6. The second kappa shape index (κ2) is 8.16. The Kier molecular flexibility index (Phi) is 6.50. The summed E-state index contributed by atoms with van der Waals surface area (Å²) in [6.07, 6.45) is 0. The van der Waals surface area contributed by atoms with Crippen molar-refractivity contribution in [2.75, 3.05) is 39.3 Å². The van der Waals surface area contributed by atoms with Crippen LogP contribution in [0.15, 0.2) is 18.2 Å². The van der Waals surface area contributed by atoms with Crippen molar-refractivity contribution in [3.8, 4) is 5.75 Å². The quantitative estimate of drug-likeness (QED) is 0.843. The first kappa shape index (κ1) is 17.5. The van der Waals surface area contributed by atoms with Gasteiger partial charge in [-0.25, -0.2) is 0 Å². The molecule has 1 aromatic rings. The molecule has 0 bridgehead atoms. The molecule has 1 aromatic carbocycles. The highest BCUT2D eigenvalue weighted by Crippen LogP contribution is 2.31. The van der Waals surface area contributed by atoms with Crippen molar-refractivity contribution in [2.45, 2.75) is 32.9 Å². The van der Waals surface area contributed by atoms with Crippen LogP contribution in [0.25, 0.3) is 0 Å². The molecule has 2 rings (SSSR count). The van der Waals surface area contributed by atoms with Gasteiger partial charge in [-0.2, -0.15) is 0 Å². The number of benzene rings is 1. The van der Waals surface area contributed by atoms with E-state index in [1.807, 2.05) is 12.1 Å². The maximum atomic E-state index is 9.70. The molecule has 124 valence electrons. The van der Waals surface area contributed by atoms with E-state index in [1.165, 1.54) is 5.56 Å². The molecule has 0 amide bonds. The largest absolute Gasteiger partial charge is 0.506 e. The number of hydrogen-bond acceptors (Lipinski definition) is 4. The molecule has 2 N–H and O–H groups in total. The van der Waals surface area contributed by atoms with Crippen molar-refractivity contribution in [3.05, 3.63) is 28.8 Å². The zero-order valence-electron chi connectivity index (χ0n) is 13.8. The minimum Gasteiger partial charge on any atom is -0.506 e. The van der Waals surface area contributed by atoms with E-state index in [4.69, 9.17) is 11.6 Å². The average Bonchev–Trinajstić information content (AvgIpc) is 2.53. The zero-order chi connectivity index (χ0) is 16.1. The Bertz CT molecular complexity index is 479. The lowest BCUT2D eigenvalue weighted by molar-refractivity contribution is 0.0871. The lowest BCUT2D eigenvalue weighted by Crippen LogP contribution is -2.53. The predicted octanol–water partition coefficient (Wildman–Crippen LogP) is 2.72. The van der Waals surface area contributed by atoms with Gasteiger partial charge < -0.3 is 15.3 Å². The van der Waals surface area contributed by atoms with Gasteiger partial charge in [-0.3, -0.25) is 4.90 Å². The third-order valence-electron chi connectivity index (χ3n) is 4.64. The minimum atomic E-state index is 0.153. The molecule has 1 fully saturated rings. The normalized spacial score (nSPS) is 21.2. The number of aromatic hydroxyl groups is 1. The number of nitrogens with zero attached hydrogens (tertiary/aromatic N) is 2. The van der Waals surface area contributed by atoms with Crippen molar-refractivity contribution in [1.82, 2.24) is 15.1 Å². The minimum absolute atomic E-state index is 0.153. The molecule has 0 saturated carbocycles. The second-order valence-electron chi connectivity index (χ2n) is 6.00. The zero-order valence-corrected chi connectivity index (χ0v) is 14.6. The molecule has 1 saturated heterocycles. The van der Waals surface area contributed by atoms with E-state index in [0.29, 0.717) is 17.1 Å². The van der Waals surface area contributed by atoms with E-state index in [0.717, 1.165) is 39.3 Å². The van der Waals surface area contributed by atoms with Crippen LogP contribution in [0.3, 0.4) is 0 Å². The summed E-state index contributed by atoms with van der Waals surface area (Å²) in [6.45, 7) is 12.8. The number of phenolic OH excluding ortho intramolecular Hbond substituents is 1. The van der Waals surface area contributed by atoms with E-state index in [-0.39, 0.29) is 5.75 Å². The lowest BCUT2D eigenvalue weighted by Gasteiger charge is -2.42. The number of hydrogen-bond donors (Lipinski definition) is 2. The summed E-state index contributed by atoms with van der Waals surface area (Å²) in [5.41, 5.74) is 1.18. The average molecular weight is 326 g/mol. The third-order valence-corrected chi connectivity index (χ3v) is 4.94. The maximum Gasteiger partial charge on any atom is 0.134 e. The van der Waals surface area contributed by atoms with Crippen LogP contribution in [0.2, 0.25) is 5.02 Å². The molecule has 0 aromatic heterocycles.